The van der Waals surface area contributed by atoms with Crippen LogP contribution in [0.4, 0.5) is 0 Å². The first-order valence-electron chi connectivity index (χ1n) is 4.56. The van der Waals surface area contributed by atoms with E-state index < -0.39 is 6.10 Å². The summed E-state index contributed by atoms with van der Waals surface area (Å²) in [5, 5.41) is 9.64. The van der Waals surface area contributed by atoms with Crippen LogP contribution in [0.25, 0.3) is 0 Å². The zero-order chi connectivity index (χ0) is 11.3. The minimum atomic E-state index is -0.830. The molecule has 1 atom stereocenters. The van der Waals surface area contributed by atoms with Gasteiger partial charge in [-0.3, -0.25) is 0 Å². The average Bonchev–Trinajstić information content (AvgIpc) is 2.28. The van der Waals surface area contributed by atoms with Crippen molar-refractivity contribution in [2.24, 2.45) is 0 Å². The van der Waals surface area contributed by atoms with Crippen LogP contribution in [0.3, 0.4) is 0 Å². The number of carbonyl (C=O) groups is 1. The van der Waals surface area contributed by atoms with Gasteiger partial charge in [-0.1, -0.05) is 0 Å². The summed E-state index contributed by atoms with van der Waals surface area (Å²) in [6.45, 7) is 0. The first-order chi connectivity index (χ1) is 7.22. The second kappa shape index (κ2) is 5.36. The van der Waals surface area contributed by atoms with Gasteiger partial charge in [-0.25, -0.2) is 0 Å². The summed E-state index contributed by atoms with van der Waals surface area (Å²) in [7, 11) is 3.06. The van der Waals surface area contributed by atoms with E-state index in [1.165, 1.54) is 7.11 Å². The van der Waals surface area contributed by atoms with Crippen molar-refractivity contribution in [2.45, 2.75) is 12.5 Å². The fraction of sp³-hybridized carbons (Fsp3) is 0.364. The molecular weight excluding hydrogens is 196 g/mol. The second-order valence-electron chi connectivity index (χ2n) is 3.03. The summed E-state index contributed by atoms with van der Waals surface area (Å²) in [4.78, 5) is 10.3. The summed E-state index contributed by atoms with van der Waals surface area (Å²) >= 11 is 0. The van der Waals surface area contributed by atoms with E-state index in [4.69, 9.17) is 9.47 Å². The Morgan fingerprint density at radius 3 is 2.67 bits per heavy atom. The normalized spacial score (nSPS) is 11.9. The Balaban J connectivity index is 3.01. The summed E-state index contributed by atoms with van der Waals surface area (Å²) in [5.74, 6) is 1.16. The topological polar surface area (TPSA) is 55.8 Å². The first-order valence-corrected chi connectivity index (χ1v) is 4.56. The zero-order valence-corrected chi connectivity index (χ0v) is 8.77. The molecule has 0 aliphatic rings. The molecule has 1 N–H and O–H groups in total. The Morgan fingerprint density at radius 1 is 1.40 bits per heavy atom. The minimum Gasteiger partial charge on any atom is -0.497 e. The third kappa shape index (κ3) is 2.70. The number of aliphatic hydroxyl groups is 1. The first kappa shape index (κ1) is 11.5. The lowest BCUT2D eigenvalue weighted by Crippen LogP contribution is -2.01. The SMILES string of the molecule is COc1ccc(C(O)CC=O)c(OC)c1. The van der Waals surface area contributed by atoms with Crippen LogP contribution in [-0.4, -0.2) is 25.6 Å². The predicted molar refractivity (Wildman–Crippen MR) is 55.2 cm³/mol. The lowest BCUT2D eigenvalue weighted by atomic mass is 10.1. The monoisotopic (exact) mass is 210 g/mol. The van der Waals surface area contributed by atoms with Gasteiger partial charge in [0, 0.05) is 18.1 Å². The van der Waals surface area contributed by atoms with E-state index in [1.54, 1.807) is 25.3 Å². The van der Waals surface area contributed by atoms with Gasteiger partial charge < -0.3 is 19.4 Å². The van der Waals surface area contributed by atoms with Crippen LogP contribution < -0.4 is 9.47 Å². The molecule has 1 unspecified atom stereocenters. The molecule has 0 aliphatic heterocycles. The van der Waals surface area contributed by atoms with E-state index in [9.17, 15) is 9.90 Å². The number of ether oxygens (including phenoxy) is 2. The third-order valence-electron chi connectivity index (χ3n) is 2.12. The maximum Gasteiger partial charge on any atom is 0.128 e. The Kier molecular flexibility index (Phi) is 4.12. The maximum absolute atomic E-state index is 10.3. The van der Waals surface area contributed by atoms with Crippen LogP contribution in [0.1, 0.15) is 18.1 Å². The van der Waals surface area contributed by atoms with Crippen molar-refractivity contribution >= 4 is 6.29 Å². The van der Waals surface area contributed by atoms with E-state index in [-0.39, 0.29) is 6.42 Å². The molecule has 0 spiro atoms. The molecule has 0 heterocycles. The Bertz CT molecular complexity index is 335. The summed E-state index contributed by atoms with van der Waals surface area (Å²) in [5.41, 5.74) is 0.588. The van der Waals surface area contributed by atoms with Crippen LogP contribution in [-0.2, 0) is 4.79 Å². The quantitative estimate of drug-likeness (QED) is 0.745. The van der Waals surface area contributed by atoms with Gasteiger partial charge in [0.1, 0.15) is 17.8 Å². The Labute approximate surface area is 88.4 Å². The number of benzene rings is 1. The van der Waals surface area contributed by atoms with Gasteiger partial charge in [0.2, 0.25) is 0 Å². The smallest absolute Gasteiger partial charge is 0.128 e. The molecule has 0 aromatic heterocycles. The molecular formula is C11H14O4. The van der Waals surface area contributed by atoms with Gasteiger partial charge in [-0.05, 0) is 12.1 Å². The molecule has 15 heavy (non-hydrogen) atoms. The van der Waals surface area contributed by atoms with E-state index in [0.717, 1.165) is 0 Å². The molecule has 0 aliphatic carbocycles. The number of rotatable bonds is 5. The molecule has 1 aromatic carbocycles. The number of carbonyl (C=O) groups excluding carboxylic acids is 1. The van der Waals surface area contributed by atoms with Gasteiger partial charge in [-0.15, -0.1) is 0 Å². The molecule has 0 saturated carbocycles. The largest absolute Gasteiger partial charge is 0.497 e. The van der Waals surface area contributed by atoms with Crippen molar-refractivity contribution in [3.05, 3.63) is 23.8 Å². The number of aldehydes is 1. The predicted octanol–water partition coefficient (Wildman–Crippen LogP) is 1.33. The molecule has 0 amide bonds. The molecule has 0 bridgehead atoms. The van der Waals surface area contributed by atoms with Crippen molar-refractivity contribution in [2.75, 3.05) is 14.2 Å². The molecule has 0 saturated heterocycles. The fourth-order valence-corrected chi connectivity index (χ4v) is 1.31. The van der Waals surface area contributed by atoms with Gasteiger partial charge in [0.15, 0.2) is 0 Å². The lowest BCUT2D eigenvalue weighted by Gasteiger charge is -2.13. The van der Waals surface area contributed by atoms with Crippen molar-refractivity contribution in [1.82, 2.24) is 0 Å². The van der Waals surface area contributed by atoms with Crippen LogP contribution >= 0.6 is 0 Å². The van der Waals surface area contributed by atoms with Crippen molar-refractivity contribution in [3.8, 4) is 11.5 Å². The molecule has 1 rings (SSSR count). The molecule has 82 valence electrons. The number of hydrogen-bond acceptors (Lipinski definition) is 4. The fourth-order valence-electron chi connectivity index (χ4n) is 1.31. The van der Waals surface area contributed by atoms with Gasteiger partial charge >= 0.3 is 0 Å². The standard InChI is InChI=1S/C11H14O4/c1-14-8-3-4-9(10(13)5-6-12)11(7-8)15-2/h3-4,6-7,10,13H,5H2,1-2H3. The van der Waals surface area contributed by atoms with E-state index >= 15 is 0 Å². The summed E-state index contributed by atoms with van der Waals surface area (Å²) in [6.07, 6.45) is -0.0971. The highest BCUT2D eigenvalue weighted by Crippen LogP contribution is 2.30. The van der Waals surface area contributed by atoms with Gasteiger partial charge in [0.25, 0.3) is 0 Å². The maximum atomic E-state index is 10.3. The van der Waals surface area contributed by atoms with Gasteiger partial charge in [0.05, 0.1) is 20.3 Å². The van der Waals surface area contributed by atoms with E-state index in [0.29, 0.717) is 23.3 Å². The zero-order valence-electron chi connectivity index (χ0n) is 8.77. The van der Waals surface area contributed by atoms with Crippen LogP contribution in [0, 0.1) is 0 Å². The van der Waals surface area contributed by atoms with Crippen molar-refractivity contribution in [3.63, 3.8) is 0 Å². The minimum absolute atomic E-state index is 0.0582. The van der Waals surface area contributed by atoms with Crippen LogP contribution in [0.5, 0.6) is 11.5 Å². The molecule has 4 nitrogen and oxygen atoms in total. The number of hydrogen-bond donors (Lipinski definition) is 1. The second-order valence-corrected chi connectivity index (χ2v) is 3.03. The van der Waals surface area contributed by atoms with Crippen molar-refractivity contribution < 1.29 is 19.4 Å². The van der Waals surface area contributed by atoms with Crippen molar-refractivity contribution in [1.29, 1.82) is 0 Å². The van der Waals surface area contributed by atoms with Crippen LogP contribution in [0.2, 0.25) is 0 Å². The summed E-state index contributed by atoms with van der Waals surface area (Å²) in [6, 6.07) is 5.07. The molecule has 0 fully saturated rings. The lowest BCUT2D eigenvalue weighted by molar-refractivity contribution is -0.109. The number of methoxy groups -OCH3 is 2. The Morgan fingerprint density at radius 2 is 2.13 bits per heavy atom. The summed E-state index contributed by atoms with van der Waals surface area (Å²) < 4.78 is 10.1. The highest BCUT2D eigenvalue weighted by Gasteiger charge is 2.13. The number of aliphatic hydroxyl groups excluding tert-OH is 1. The highest BCUT2D eigenvalue weighted by molar-refractivity contribution is 5.52. The molecule has 4 heteroatoms. The average molecular weight is 210 g/mol. The van der Waals surface area contributed by atoms with Gasteiger partial charge in [-0.2, -0.15) is 0 Å². The molecule has 1 aromatic rings. The Hall–Kier alpha value is -1.55. The van der Waals surface area contributed by atoms with Crippen LogP contribution in [0.15, 0.2) is 18.2 Å². The highest BCUT2D eigenvalue weighted by atomic mass is 16.5. The third-order valence-corrected chi connectivity index (χ3v) is 2.12. The van der Waals surface area contributed by atoms with E-state index in [1.807, 2.05) is 0 Å². The van der Waals surface area contributed by atoms with E-state index in [2.05, 4.69) is 0 Å². The molecule has 0 radical (unpaired) electrons.